The number of piperidine rings is 1. The molecule has 4 heteroatoms. The molecule has 0 aromatic carbocycles. The zero-order chi connectivity index (χ0) is 15.1. The highest BCUT2D eigenvalue weighted by atomic mass is 16.2. The molecule has 0 aromatic heterocycles. The number of carbonyl (C=O) groups is 1. The number of aliphatic imine (C=N–C) groups is 1. The average molecular weight is 279 g/mol. The Balaban J connectivity index is 2.36. The number of amides is 1. The van der Waals surface area contributed by atoms with Crippen molar-refractivity contribution >= 4 is 12.1 Å². The second-order valence-corrected chi connectivity index (χ2v) is 6.24. The van der Waals surface area contributed by atoms with E-state index in [1.807, 2.05) is 25.0 Å². The number of likely N-dealkylation sites (tertiary alicyclic amines) is 1. The molecule has 1 aliphatic heterocycles. The van der Waals surface area contributed by atoms with Crippen molar-refractivity contribution in [3.8, 4) is 0 Å². The third kappa shape index (κ3) is 4.99. The van der Waals surface area contributed by atoms with E-state index in [1.54, 1.807) is 6.20 Å². The normalized spacial score (nSPS) is 18.5. The Bertz CT molecular complexity index is 364. The quantitative estimate of drug-likeness (QED) is 0.786. The summed E-state index contributed by atoms with van der Waals surface area (Å²) in [5.41, 5.74) is 6.66. The Morgan fingerprint density at radius 2 is 1.85 bits per heavy atom. The van der Waals surface area contributed by atoms with Crippen LogP contribution in [0.25, 0.3) is 0 Å². The molecule has 114 valence electrons. The van der Waals surface area contributed by atoms with E-state index >= 15 is 0 Å². The van der Waals surface area contributed by atoms with E-state index in [1.165, 1.54) is 0 Å². The molecular weight excluding hydrogens is 250 g/mol. The Kier molecular flexibility index (Phi) is 6.76. The first-order chi connectivity index (χ1) is 9.45. The van der Waals surface area contributed by atoms with Crippen LogP contribution >= 0.6 is 0 Å². The van der Waals surface area contributed by atoms with Gasteiger partial charge >= 0.3 is 0 Å². The number of carbonyl (C=O) groups excluding carboxylic acids is 1. The molecule has 2 N–H and O–H groups in total. The number of nitrogens with zero attached hydrogens (tertiary/aromatic N) is 2. The molecule has 0 aromatic rings. The van der Waals surface area contributed by atoms with Crippen LogP contribution in [0, 0.1) is 17.8 Å². The first-order valence-electron chi connectivity index (χ1n) is 7.66. The Morgan fingerprint density at radius 3 is 2.30 bits per heavy atom. The van der Waals surface area contributed by atoms with Crippen molar-refractivity contribution in [3.05, 3.63) is 11.8 Å². The molecule has 0 radical (unpaired) electrons. The number of hydrogen-bond donors (Lipinski definition) is 1. The molecule has 1 rings (SSSR count). The maximum Gasteiger partial charge on any atom is 0.225 e. The Hall–Kier alpha value is -1.32. The minimum Gasteiger partial charge on any atom is -0.404 e. The van der Waals surface area contributed by atoms with E-state index in [2.05, 4.69) is 18.8 Å². The largest absolute Gasteiger partial charge is 0.404 e. The smallest absolute Gasteiger partial charge is 0.225 e. The highest BCUT2D eigenvalue weighted by Gasteiger charge is 2.23. The van der Waals surface area contributed by atoms with Crippen LogP contribution in [-0.4, -0.2) is 36.7 Å². The summed E-state index contributed by atoms with van der Waals surface area (Å²) in [6, 6.07) is 0. The lowest BCUT2D eigenvalue weighted by Crippen LogP contribution is -2.41. The monoisotopic (exact) mass is 279 g/mol. The molecule has 1 aliphatic rings. The van der Waals surface area contributed by atoms with Gasteiger partial charge in [0.05, 0.1) is 0 Å². The van der Waals surface area contributed by atoms with Crippen LogP contribution in [0.4, 0.5) is 0 Å². The molecule has 1 heterocycles. The molecular formula is C16H29N3O. The minimum absolute atomic E-state index is 0.105. The molecule has 0 spiro atoms. The predicted octanol–water partition coefficient (Wildman–Crippen LogP) is 2.45. The van der Waals surface area contributed by atoms with Gasteiger partial charge in [-0.25, -0.2) is 0 Å². The van der Waals surface area contributed by atoms with E-state index < -0.39 is 0 Å². The van der Waals surface area contributed by atoms with Gasteiger partial charge in [0.1, 0.15) is 0 Å². The van der Waals surface area contributed by atoms with Crippen molar-refractivity contribution in [1.82, 2.24) is 4.90 Å². The van der Waals surface area contributed by atoms with Crippen molar-refractivity contribution in [1.29, 1.82) is 0 Å². The van der Waals surface area contributed by atoms with Gasteiger partial charge in [0.25, 0.3) is 0 Å². The Labute approximate surface area is 123 Å². The summed E-state index contributed by atoms with van der Waals surface area (Å²) in [7, 11) is 0. The van der Waals surface area contributed by atoms with Crippen molar-refractivity contribution in [2.45, 2.75) is 40.5 Å². The SMILES string of the molecule is CC(C)C(=O)N1CCC(CN=C/C(=C\N)C(C)C)CC1. The minimum atomic E-state index is 0.105. The molecule has 0 saturated carbocycles. The maximum absolute atomic E-state index is 11.9. The number of allylic oxidation sites excluding steroid dienone is 1. The molecule has 1 fully saturated rings. The van der Waals surface area contributed by atoms with Gasteiger partial charge < -0.3 is 10.6 Å². The van der Waals surface area contributed by atoms with Gasteiger partial charge in [-0.2, -0.15) is 0 Å². The lowest BCUT2D eigenvalue weighted by Gasteiger charge is -2.32. The number of rotatable bonds is 5. The first-order valence-corrected chi connectivity index (χ1v) is 7.66. The zero-order valence-electron chi connectivity index (χ0n) is 13.3. The lowest BCUT2D eigenvalue weighted by molar-refractivity contribution is -0.135. The summed E-state index contributed by atoms with van der Waals surface area (Å²) in [4.78, 5) is 18.4. The van der Waals surface area contributed by atoms with Gasteiger partial charge in [-0.3, -0.25) is 9.79 Å². The van der Waals surface area contributed by atoms with E-state index in [-0.39, 0.29) is 11.8 Å². The van der Waals surface area contributed by atoms with Crippen LogP contribution in [0.3, 0.4) is 0 Å². The summed E-state index contributed by atoms with van der Waals surface area (Å²) >= 11 is 0. The highest BCUT2D eigenvalue weighted by Crippen LogP contribution is 2.19. The van der Waals surface area contributed by atoms with E-state index in [0.717, 1.165) is 38.0 Å². The van der Waals surface area contributed by atoms with Crippen LogP contribution in [0.15, 0.2) is 16.8 Å². The number of hydrogen-bond acceptors (Lipinski definition) is 3. The average Bonchev–Trinajstić information content (AvgIpc) is 2.43. The maximum atomic E-state index is 11.9. The fourth-order valence-corrected chi connectivity index (χ4v) is 2.39. The molecule has 20 heavy (non-hydrogen) atoms. The third-order valence-corrected chi connectivity index (χ3v) is 3.88. The summed E-state index contributed by atoms with van der Waals surface area (Å²) in [6.07, 6.45) is 5.65. The van der Waals surface area contributed by atoms with Crippen LogP contribution in [0.2, 0.25) is 0 Å². The molecule has 0 unspecified atom stereocenters. The summed E-state index contributed by atoms with van der Waals surface area (Å²) in [5, 5.41) is 0. The molecule has 1 saturated heterocycles. The van der Waals surface area contributed by atoms with Crippen LogP contribution < -0.4 is 5.73 Å². The molecule has 0 aliphatic carbocycles. The standard InChI is InChI=1S/C16H29N3O/c1-12(2)15(9-17)11-18-10-14-5-7-19(8-6-14)16(20)13(3)4/h9,11-14H,5-8,10,17H2,1-4H3/b15-9+,18-11?. The van der Waals surface area contributed by atoms with Gasteiger partial charge in [0.15, 0.2) is 0 Å². The van der Waals surface area contributed by atoms with Gasteiger partial charge in [-0.1, -0.05) is 27.7 Å². The molecule has 4 nitrogen and oxygen atoms in total. The van der Waals surface area contributed by atoms with Gasteiger partial charge in [-0.15, -0.1) is 0 Å². The topological polar surface area (TPSA) is 58.7 Å². The molecule has 0 atom stereocenters. The molecule has 1 amide bonds. The fraction of sp³-hybridized carbons (Fsp3) is 0.750. The molecule has 0 bridgehead atoms. The summed E-state index contributed by atoms with van der Waals surface area (Å²) < 4.78 is 0. The highest BCUT2D eigenvalue weighted by molar-refractivity contribution is 5.79. The van der Waals surface area contributed by atoms with Crippen molar-refractivity contribution in [2.24, 2.45) is 28.5 Å². The zero-order valence-corrected chi connectivity index (χ0v) is 13.3. The summed E-state index contributed by atoms with van der Waals surface area (Å²) in [6.45, 7) is 10.7. The van der Waals surface area contributed by atoms with Crippen molar-refractivity contribution in [3.63, 3.8) is 0 Å². The third-order valence-electron chi connectivity index (χ3n) is 3.88. The summed E-state index contributed by atoms with van der Waals surface area (Å²) in [5.74, 6) is 1.39. The fourth-order valence-electron chi connectivity index (χ4n) is 2.39. The van der Waals surface area contributed by atoms with Gasteiger partial charge in [-0.05, 0) is 36.5 Å². The van der Waals surface area contributed by atoms with Crippen molar-refractivity contribution < 1.29 is 4.79 Å². The lowest BCUT2D eigenvalue weighted by atomic mass is 9.96. The van der Waals surface area contributed by atoms with E-state index in [4.69, 9.17) is 5.73 Å². The number of nitrogens with two attached hydrogens (primary N) is 1. The Morgan fingerprint density at radius 1 is 1.25 bits per heavy atom. The van der Waals surface area contributed by atoms with Crippen LogP contribution in [0.5, 0.6) is 0 Å². The predicted molar refractivity (Wildman–Crippen MR) is 84.6 cm³/mol. The van der Waals surface area contributed by atoms with E-state index in [9.17, 15) is 4.79 Å². The van der Waals surface area contributed by atoms with Crippen LogP contribution in [0.1, 0.15) is 40.5 Å². The second-order valence-electron chi connectivity index (χ2n) is 6.24. The van der Waals surface area contributed by atoms with Gasteiger partial charge in [0, 0.05) is 31.8 Å². The van der Waals surface area contributed by atoms with Gasteiger partial charge in [0.2, 0.25) is 5.91 Å². The van der Waals surface area contributed by atoms with Crippen molar-refractivity contribution in [2.75, 3.05) is 19.6 Å². The first kappa shape index (κ1) is 16.7. The van der Waals surface area contributed by atoms with E-state index in [0.29, 0.717) is 11.8 Å². The van der Waals surface area contributed by atoms with Crippen LogP contribution in [-0.2, 0) is 4.79 Å². The second kappa shape index (κ2) is 8.08.